The third-order valence-corrected chi connectivity index (χ3v) is 7.27. The number of fused-ring (bicyclic) bond motifs is 1. The van der Waals surface area contributed by atoms with Gasteiger partial charge in [0.1, 0.15) is 5.00 Å². The van der Waals surface area contributed by atoms with Crippen molar-refractivity contribution >= 4 is 34.4 Å². The van der Waals surface area contributed by atoms with Gasteiger partial charge in [0, 0.05) is 30.0 Å². The third kappa shape index (κ3) is 7.59. The molecule has 37 heavy (non-hydrogen) atoms. The number of nitrogens with two attached hydrogens (primary N) is 1. The summed E-state index contributed by atoms with van der Waals surface area (Å²) in [5.41, 5.74) is 9.01. The lowest BCUT2D eigenvalue weighted by atomic mass is 9.99. The first-order valence-electron chi connectivity index (χ1n) is 12.7. The SMILES string of the molecule is CC1CC1.CCN(Cc1cc(Nc2nc(C)cn3c(-c4cn[nH]c4)cnc23)sn1)C(C)(C)CC.NC=O. The number of carbonyl (C=O) groups excluding carboxylic acids is 1. The lowest BCUT2D eigenvalue weighted by Gasteiger charge is -2.36. The first kappa shape index (κ1) is 28.3. The minimum atomic E-state index is 0.148. The Labute approximate surface area is 222 Å². The van der Waals surface area contributed by atoms with Gasteiger partial charge in [-0.3, -0.25) is 19.2 Å². The maximum absolute atomic E-state index is 8.58. The second-order valence-electron chi connectivity index (χ2n) is 9.86. The zero-order chi connectivity index (χ0) is 27.0. The molecule has 1 aliphatic carbocycles. The van der Waals surface area contributed by atoms with Crippen LogP contribution in [0.1, 0.15) is 65.3 Å². The van der Waals surface area contributed by atoms with Gasteiger partial charge in [-0.05, 0) is 57.3 Å². The predicted octanol–water partition coefficient (Wildman–Crippen LogP) is 5.16. The van der Waals surface area contributed by atoms with Crippen molar-refractivity contribution in [1.29, 1.82) is 0 Å². The fourth-order valence-corrected chi connectivity index (χ4v) is 4.36. The van der Waals surface area contributed by atoms with Gasteiger partial charge in [-0.2, -0.15) is 9.47 Å². The van der Waals surface area contributed by atoms with E-state index in [1.807, 2.05) is 29.9 Å². The number of carbonyl (C=O) groups is 1. The maximum Gasteiger partial charge on any atom is 0.204 e. The Kier molecular flexibility index (Phi) is 9.76. The van der Waals surface area contributed by atoms with Crippen molar-refractivity contribution in [1.82, 2.24) is 33.8 Å². The van der Waals surface area contributed by atoms with Crippen LogP contribution in [0.4, 0.5) is 10.8 Å². The smallest absolute Gasteiger partial charge is 0.204 e. The number of imidazole rings is 1. The molecule has 0 bridgehead atoms. The lowest BCUT2D eigenvalue weighted by Crippen LogP contribution is -2.42. The van der Waals surface area contributed by atoms with Gasteiger partial charge in [-0.15, -0.1) is 0 Å². The van der Waals surface area contributed by atoms with E-state index in [1.165, 1.54) is 24.4 Å². The van der Waals surface area contributed by atoms with E-state index in [1.54, 1.807) is 6.20 Å². The van der Waals surface area contributed by atoms with E-state index in [2.05, 4.69) is 81.2 Å². The van der Waals surface area contributed by atoms with Gasteiger partial charge >= 0.3 is 0 Å². The van der Waals surface area contributed by atoms with E-state index in [0.29, 0.717) is 0 Å². The van der Waals surface area contributed by atoms with Crippen molar-refractivity contribution < 1.29 is 4.79 Å². The van der Waals surface area contributed by atoms with Crippen molar-refractivity contribution in [3.63, 3.8) is 0 Å². The molecule has 5 rings (SSSR count). The molecule has 4 aromatic rings. The van der Waals surface area contributed by atoms with Crippen molar-refractivity contribution in [2.75, 3.05) is 11.9 Å². The van der Waals surface area contributed by atoms with Crippen molar-refractivity contribution in [2.45, 2.75) is 72.9 Å². The summed E-state index contributed by atoms with van der Waals surface area (Å²) in [7, 11) is 0. The number of nitrogens with zero attached hydrogens (tertiary/aromatic N) is 6. The molecule has 4 aromatic heterocycles. The molecule has 0 unspecified atom stereocenters. The molecule has 0 aliphatic heterocycles. The Morgan fingerprint density at radius 3 is 2.59 bits per heavy atom. The summed E-state index contributed by atoms with van der Waals surface area (Å²) >= 11 is 1.45. The van der Waals surface area contributed by atoms with E-state index in [0.717, 1.165) is 64.5 Å². The van der Waals surface area contributed by atoms with Gasteiger partial charge in [-0.1, -0.05) is 33.6 Å². The largest absolute Gasteiger partial charge is 0.372 e. The Morgan fingerprint density at radius 1 is 1.32 bits per heavy atom. The second kappa shape index (κ2) is 12.8. The molecule has 0 aromatic carbocycles. The first-order valence-corrected chi connectivity index (χ1v) is 13.5. The second-order valence-corrected chi connectivity index (χ2v) is 10.7. The fraction of sp³-hybridized carbons (Fsp3) is 0.500. The van der Waals surface area contributed by atoms with E-state index in [4.69, 9.17) is 4.79 Å². The van der Waals surface area contributed by atoms with Crippen LogP contribution < -0.4 is 11.1 Å². The van der Waals surface area contributed by atoms with Crippen LogP contribution in [0, 0.1) is 12.8 Å². The van der Waals surface area contributed by atoms with Crippen LogP contribution in [0.2, 0.25) is 0 Å². The topological polar surface area (TPSA) is 130 Å². The molecule has 0 atom stereocenters. The van der Waals surface area contributed by atoms with E-state index in [9.17, 15) is 0 Å². The van der Waals surface area contributed by atoms with Crippen LogP contribution in [0.25, 0.3) is 16.9 Å². The Bertz CT molecular complexity index is 1260. The summed E-state index contributed by atoms with van der Waals surface area (Å²) in [6.07, 6.45) is 11.8. The number of hydrogen-bond acceptors (Lipinski definition) is 8. The van der Waals surface area contributed by atoms with Crippen molar-refractivity contribution in [3.05, 3.63) is 42.2 Å². The fourth-order valence-electron chi connectivity index (χ4n) is 3.70. The molecular formula is C26H39N9OS. The van der Waals surface area contributed by atoms with Crippen molar-refractivity contribution in [2.24, 2.45) is 11.7 Å². The number of anilines is 2. The van der Waals surface area contributed by atoms with Crippen LogP contribution in [-0.4, -0.2) is 52.3 Å². The number of H-pyrrole nitrogens is 1. The van der Waals surface area contributed by atoms with E-state index >= 15 is 0 Å². The highest BCUT2D eigenvalue weighted by atomic mass is 32.1. The van der Waals surface area contributed by atoms with Gasteiger partial charge in [-0.25, -0.2) is 9.97 Å². The molecule has 0 saturated heterocycles. The molecule has 200 valence electrons. The van der Waals surface area contributed by atoms with Crippen LogP contribution >= 0.6 is 11.5 Å². The van der Waals surface area contributed by atoms with Gasteiger partial charge in [0.25, 0.3) is 0 Å². The van der Waals surface area contributed by atoms with Crippen LogP contribution in [0.3, 0.4) is 0 Å². The molecule has 10 nitrogen and oxygen atoms in total. The monoisotopic (exact) mass is 525 g/mol. The average molecular weight is 526 g/mol. The molecule has 1 fully saturated rings. The van der Waals surface area contributed by atoms with Crippen LogP contribution in [0.15, 0.2) is 30.9 Å². The Morgan fingerprint density at radius 2 is 2.03 bits per heavy atom. The van der Waals surface area contributed by atoms with Gasteiger partial charge < -0.3 is 11.1 Å². The van der Waals surface area contributed by atoms with E-state index in [-0.39, 0.29) is 11.9 Å². The minimum absolute atomic E-state index is 0.148. The number of aromatic amines is 1. The summed E-state index contributed by atoms with van der Waals surface area (Å²) in [5.74, 6) is 1.81. The highest BCUT2D eigenvalue weighted by Crippen LogP contribution is 2.29. The predicted molar refractivity (Wildman–Crippen MR) is 150 cm³/mol. The third-order valence-electron chi connectivity index (χ3n) is 6.53. The Hall–Kier alpha value is -3.31. The molecule has 1 amide bonds. The summed E-state index contributed by atoms with van der Waals surface area (Å²) in [4.78, 5) is 20.3. The summed E-state index contributed by atoms with van der Waals surface area (Å²) in [5, 5.41) is 11.3. The quantitative estimate of drug-likeness (QED) is 0.271. The number of nitrogens with one attached hydrogen (secondary N) is 2. The number of amides is 1. The number of primary amides is 1. The molecular weight excluding hydrogens is 486 g/mol. The van der Waals surface area contributed by atoms with Crippen LogP contribution in [0.5, 0.6) is 0 Å². The summed E-state index contributed by atoms with van der Waals surface area (Å²) in [6, 6.07) is 2.11. The molecule has 11 heteroatoms. The highest BCUT2D eigenvalue weighted by Gasteiger charge is 2.24. The molecule has 0 radical (unpaired) electrons. The molecule has 1 aliphatic rings. The number of hydrogen-bond donors (Lipinski definition) is 3. The summed E-state index contributed by atoms with van der Waals surface area (Å²) in [6.45, 7) is 15.1. The average Bonchev–Trinajstić information content (AvgIpc) is 3.28. The minimum Gasteiger partial charge on any atom is -0.372 e. The summed E-state index contributed by atoms with van der Waals surface area (Å²) < 4.78 is 6.71. The first-order chi connectivity index (χ1) is 17.7. The molecule has 0 spiro atoms. The number of aryl methyl sites for hydroxylation is 1. The van der Waals surface area contributed by atoms with E-state index < -0.39 is 0 Å². The molecule has 4 N–H and O–H groups in total. The molecule has 4 heterocycles. The maximum atomic E-state index is 8.58. The lowest BCUT2D eigenvalue weighted by molar-refractivity contribution is -0.106. The van der Waals surface area contributed by atoms with Gasteiger partial charge in [0.15, 0.2) is 11.5 Å². The normalized spacial score (nSPS) is 13.1. The van der Waals surface area contributed by atoms with Crippen LogP contribution in [-0.2, 0) is 11.3 Å². The Balaban J connectivity index is 0.000000477. The zero-order valence-corrected chi connectivity index (χ0v) is 23.5. The van der Waals surface area contributed by atoms with Gasteiger partial charge in [0.2, 0.25) is 6.41 Å². The standard InChI is InChI=1S/C21H28N8S.C4H8.CH3NO/c1-6-21(4,5)28(7-2)13-16-8-18(30-27-16)26-19-20-22-11-17(15-9-23-24-10-15)29(20)12-14(3)25-19;1-4-2-3-4;2-1-3/h8-12H,6-7,13H2,1-5H3,(H,23,24)(H,25,26);4H,2-3H2,1H3;1H,(H2,2,3). The molecule has 1 saturated carbocycles. The number of rotatable bonds is 8. The zero-order valence-electron chi connectivity index (χ0n) is 22.7. The van der Waals surface area contributed by atoms with Gasteiger partial charge in [0.05, 0.1) is 29.5 Å². The number of aromatic nitrogens is 6. The van der Waals surface area contributed by atoms with Crippen molar-refractivity contribution in [3.8, 4) is 11.3 Å². The highest BCUT2D eigenvalue weighted by molar-refractivity contribution is 7.10.